The van der Waals surface area contributed by atoms with Crippen LogP contribution in [0.4, 0.5) is 0 Å². The van der Waals surface area contributed by atoms with E-state index in [0.29, 0.717) is 25.3 Å². The number of hydrogen-bond acceptors (Lipinski definition) is 5. The molecule has 6 nitrogen and oxygen atoms in total. The molecule has 1 fully saturated rings. The Kier molecular flexibility index (Phi) is 7.06. The molecule has 24 heavy (non-hydrogen) atoms. The van der Waals surface area contributed by atoms with Crippen molar-refractivity contribution in [1.82, 2.24) is 5.32 Å². The highest BCUT2D eigenvalue weighted by molar-refractivity contribution is 5.94. The maximum absolute atomic E-state index is 11.8. The standard InChI is InChI=1S/C18H26N2O4/c1-2-23-18(22)14-5-9-16(10-6-14)24-15-7-3-13(4-8-15)17(21)20-12-11-19/h3-4,7-8,14,16H,2,5-6,9-12,19H2,1H3,(H,20,21)/t14-,16-. The van der Waals surface area contributed by atoms with Crippen LogP contribution in [0.25, 0.3) is 0 Å². The molecule has 0 spiro atoms. The van der Waals surface area contributed by atoms with Gasteiger partial charge in [0.05, 0.1) is 18.6 Å². The first-order valence-electron chi connectivity index (χ1n) is 8.55. The molecule has 1 aromatic rings. The number of ether oxygens (including phenoxy) is 2. The summed E-state index contributed by atoms with van der Waals surface area (Å²) < 4.78 is 11.0. The number of esters is 1. The highest BCUT2D eigenvalue weighted by atomic mass is 16.5. The van der Waals surface area contributed by atoms with E-state index in [9.17, 15) is 9.59 Å². The molecule has 132 valence electrons. The predicted octanol–water partition coefficient (Wildman–Crippen LogP) is 1.88. The number of carbonyl (C=O) groups excluding carboxylic acids is 2. The quantitative estimate of drug-likeness (QED) is 0.743. The molecule has 3 N–H and O–H groups in total. The van der Waals surface area contributed by atoms with Crippen LogP contribution in [-0.4, -0.2) is 37.7 Å². The summed E-state index contributed by atoms with van der Waals surface area (Å²) in [6.45, 7) is 3.13. The number of hydrogen-bond donors (Lipinski definition) is 2. The molecule has 0 radical (unpaired) electrons. The molecule has 0 heterocycles. The zero-order chi connectivity index (χ0) is 17.4. The van der Waals surface area contributed by atoms with Crippen LogP contribution in [0.15, 0.2) is 24.3 Å². The lowest BCUT2D eigenvalue weighted by atomic mass is 9.87. The summed E-state index contributed by atoms with van der Waals surface area (Å²) in [4.78, 5) is 23.5. The summed E-state index contributed by atoms with van der Waals surface area (Å²) >= 11 is 0. The Hall–Kier alpha value is -2.08. The third-order valence-corrected chi connectivity index (χ3v) is 4.14. The van der Waals surface area contributed by atoms with Gasteiger partial charge in [-0.3, -0.25) is 9.59 Å². The zero-order valence-electron chi connectivity index (χ0n) is 14.1. The SMILES string of the molecule is CCOC(=O)[C@H]1CC[C@H](Oc2ccc(C(=O)NCCN)cc2)CC1. The molecule has 0 aliphatic heterocycles. The molecule has 1 amide bonds. The third kappa shape index (κ3) is 5.23. The van der Waals surface area contributed by atoms with Crippen LogP contribution in [0, 0.1) is 5.92 Å². The minimum Gasteiger partial charge on any atom is -0.490 e. The first kappa shape index (κ1) is 18.3. The number of amides is 1. The van der Waals surface area contributed by atoms with Gasteiger partial charge in [0, 0.05) is 18.7 Å². The Balaban J connectivity index is 1.80. The van der Waals surface area contributed by atoms with Crippen LogP contribution in [0.2, 0.25) is 0 Å². The average molecular weight is 334 g/mol. The van der Waals surface area contributed by atoms with Crippen LogP contribution in [0.5, 0.6) is 5.75 Å². The van der Waals surface area contributed by atoms with Crippen molar-refractivity contribution in [2.45, 2.75) is 38.7 Å². The Morgan fingerprint density at radius 2 is 1.83 bits per heavy atom. The van der Waals surface area contributed by atoms with E-state index in [2.05, 4.69) is 5.32 Å². The number of carbonyl (C=O) groups is 2. The molecule has 1 aliphatic carbocycles. The topological polar surface area (TPSA) is 90.6 Å². The van der Waals surface area contributed by atoms with Gasteiger partial charge in [-0.15, -0.1) is 0 Å². The summed E-state index contributed by atoms with van der Waals surface area (Å²) in [5.74, 6) is 0.508. The second-order valence-electron chi connectivity index (χ2n) is 5.91. The second-order valence-corrected chi connectivity index (χ2v) is 5.91. The van der Waals surface area contributed by atoms with Crippen LogP contribution >= 0.6 is 0 Å². The fourth-order valence-electron chi connectivity index (χ4n) is 2.84. The van der Waals surface area contributed by atoms with Crippen molar-refractivity contribution in [3.63, 3.8) is 0 Å². The van der Waals surface area contributed by atoms with Crippen molar-refractivity contribution in [3.05, 3.63) is 29.8 Å². The third-order valence-electron chi connectivity index (χ3n) is 4.14. The summed E-state index contributed by atoms with van der Waals surface area (Å²) in [5.41, 5.74) is 5.95. The van der Waals surface area contributed by atoms with Crippen molar-refractivity contribution in [1.29, 1.82) is 0 Å². The fraction of sp³-hybridized carbons (Fsp3) is 0.556. The first-order valence-corrected chi connectivity index (χ1v) is 8.55. The van der Waals surface area contributed by atoms with Crippen molar-refractivity contribution < 1.29 is 19.1 Å². The van der Waals surface area contributed by atoms with Gasteiger partial charge in [0.25, 0.3) is 5.91 Å². The molecular weight excluding hydrogens is 308 g/mol. The van der Waals surface area contributed by atoms with Gasteiger partial charge in [-0.25, -0.2) is 0 Å². The molecule has 2 rings (SSSR count). The summed E-state index contributed by atoms with van der Waals surface area (Å²) in [5, 5.41) is 2.73. The molecule has 1 aromatic carbocycles. The summed E-state index contributed by atoms with van der Waals surface area (Å²) in [6.07, 6.45) is 3.36. The van der Waals surface area contributed by atoms with Gasteiger partial charge in [-0.05, 0) is 56.9 Å². The Morgan fingerprint density at radius 1 is 1.17 bits per heavy atom. The molecule has 0 unspecified atom stereocenters. The number of rotatable bonds is 7. The van der Waals surface area contributed by atoms with Crippen molar-refractivity contribution in [2.75, 3.05) is 19.7 Å². The number of nitrogens with two attached hydrogens (primary N) is 1. The Labute approximate surface area is 142 Å². The molecule has 6 heteroatoms. The normalized spacial score (nSPS) is 20.2. The molecule has 0 bridgehead atoms. The molecule has 0 saturated heterocycles. The monoisotopic (exact) mass is 334 g/mol. The lowest BCUT2D eigenvalue weighted by Gasteiger charge is -2.27. The first-order chi connectivity index (χ1) is 11.6. The van der Waals surface area contributed by atoms with Crippen LogP contribution < -0.4 is 15.8 Å². The molecule has 1 aliphatic rings. The molecule has 0 atom stereocenters. The smallest absolute Gasteiger partial charge is 0.308 e. The van der Waals surface area contributed by atoms with E-state index in [-0.39, 0.29) is 23.9 Å². The van der Waals surface area contributed by atoms with E-state index >= 15 is 0 Å². The van der Waals surface area contributed by atoms with Crippen LogP contribution in [0.3, 0.4) is 0 Å². The maximum atomic E-state index is 11.8. The Morgan fingerprint density at radius 3 is 2.42 bits per heavy atom. The van der Waals surface area contributed by atoms with E-state index in [1.807, 2.05) is 6.92 Å². The van der Waals surface area contributed by atoms with Gasteiger partial charge in [0.2, 0.25) is 0 Å². The van der Waals surface area contributed by atoms with Crippen molar-refractivity contribution in [2.24, 2.45) is 11.7 Å². The van der Waals surface area contributed by atoms with Crippen LogP contribution in [-0.2, 0) is 9.53 Å². The molecule has 1 saturated carbocycles. The zero-order valence-corrected chi connectivity index (χ0v) is 14.1. The average Bonchev–Trinajstić information content (AvgIpc) is 2.61. The summed E-state index contributed by atoms with van der Waals surface area (Å²) in [7, 11) is 0. The molecular formula is C18H26N2O4. The molecule has 0 aromatic heterocycles. The lowest BCUT2D eigenvalue weighted by Crippen LogP contribution is -2.29. The van der Waals surface area contributed by atoms with Gasteiger partial charge in [-0.1, -0.05) is 0 Å². The lowest BCUT2D eigenvalue weighted by molar-refractivity contribution is -0.149. The van der Waals surface area contributed by atoms with E-state index < -0.39 is 0 Å². The van der Waals surface area contributed by atoms with Crippen molar-refractivity contribution >= 4 is 11.9 Å². The van der Waals surface area contributed by atoms with E-state index in [4.69, 9.17) is 15.2 Å². The highest BCUT2D eigenvalue weighted by Crippen LogP contribution is 2.28. The largest absolute Gasteiger partial charge is 0.490 e. The van der Waals surface area contributed by atoms with Gasteiger partial charge < -0.3 is 20.5 Å². The minimum atomic E-state index is -0.137. The fourth-order valence-corrected chi connectivity index (χ4v) is 2.84. The summed E-state index contributed by atoms with van der Waals surface area (Å²) in [6, 6.07) is 7.08. The van der Waals surface area contributed by atoms with E-state index in [0.717, 1.165) is 31.4 Å². The number of nitrogens with one attached hydrogen (secondary N) is 1. The van der Waals surface area contributed by atoms with Gasteiger partial charge in [0.1, 0.15) is 5.75 Å². The van der Waals surface area contributed by atoms with Crippen molar-refractivity contribution in [3.8, 4) is 5.75 Å². The van der Waals surface area contributed by atoms with Gasteiger partial charge in [-0.2, -0.15) is 0 Å². The second kappa shape index (κ2) is 9.27. The minimum absolute atomic E-state index is 0.00147. The van der Waals surface area contributed by atoms with Crippen LogP contribution in [0.1, 0.15) is 43.0 Å². The predicted molar refractivity (Wildman–Crippen MR) is 90.8 cm³/mol. The maximum Gasteiger partial charge on any atom is 0.308 e. The highest BCUT2D eigenvalue weighted by Gasteiger charge is 2.28. The Bertz CT molecular complexity index is 536. The van der Waals surface area contributed by atoms with Gasteiger partial charge in [0.15, 0.2) is 0 Å². The van der Waals surface area contributed by atoms with E-state index in [1.54, 1.807) is 24.3 Å². The van der Waals surface area contributed by atoms with E-state index in [1.165, 1.54) is 0 Å². The number of benzene rings is 1. The van der Waals surface area contributed by atoms with Gasteiger partial charge >= 0.3 is 5.97 Å².